The minimum absolute atomic E-state index is 0.169. The number of benzene rings is 2. The molecule has 5 atom stereocenters. The maximum Gasteiger partial charge on any atom is 0.330 e. The van der Waals surface area contributed by atoms with Crippen molar-refractivity contribution in [2.24, 2.45) is 5.41 Å². The highest BCUT2D eigenvalue weighted by atomic mass is 16.7. The lowest BCUT2D eigenvalue weighted by Crippen LogP contribution is -2.63. The Morgan fingerprint density at radius 2 is 1.61 bits per heavy atom. The van der Waals surface area contributed by atoms with Gasteiger partial charge in [0.15, 0.2) is 12.4 Å². The molecule has 1 aliphatic heterocycles. The average molecular weight is 753 g/mol. The molecule has 0 radical (unpaired) electrons. The van der Waals surface area contributed by atoms with Gasteiger partial charge in [-0.1, -0.05) is 68.5 Å². The summed E-state index contributed by atoms with van der Waals surface area (Å²) >= 11 is 0. The van der Waals surface area contributed by atoms with Crippen LogP contribution >= 0.6 is 0 Å². The van der Waals surface area contributed by atoms with Gasteiger partial charge in [-0.25, -0.2) is 4.79 Å². The Labute approximate surface area is 321 Å². The largest absolute Gasteiger partial charge is 0.497 e. The van der Waals surface area contributed by atoms with Crippen molar-refractivity contribution in [3.05, 3.63) is 102 Å². The van der Waals surface area contributed by atoms with Gasteiger partial charge in [0.25, 0.3) is 0 Å². The summed E-state index contributed by atoms with van der Waals surface area (Å²) in [6, 6.07) is 17.6. The summed E-state index contributed by atoms with van der Waals surface area (Å²) in [6.45, 7) is 10.2. The first-order valence-corrected chi connectivity index (χ1v) is 18.4. The van der Waals surface area contributed by atoms with Gasteiger partial charge in [0, 0.05) is 45.7 Å². The SMILES string of the molecule is C=CCCCCC(=O)O[C@H]1/C(=C/C(=O)OC)C[C@@H](C[C@@H](OCc2ccc(OC)cc2)[C@H](C)OCc2ccccc2)O[C@@]1(OC)C(C)(C)/C=C/C(OC)OC. The second-order valence-electron chi connectivity index (χ2n) is 13.8. The van der Waals surface area contributed by atoms with E-state index in [9.17, 15) is 9.59 Å². The molecule has 1 fully saturated rings. The molecule has 0 aliphatic carbocycles. The number of hydrogen-bond donors (Lipinski definition) is 0. The third kappa shape index (κ3) is 12.9. The van der Waals surface area contributed by atoms with Gasteiger partial charge >= 0.3 is 11.9 Å². The molecule has 1 saturated heterocycles. The van der Waals surface area contributed by atoms with Gasteiger partial charge in [-0.15, -0.1) is 6.58 Å². The molecule has 3 rings (SSSR count). The van der Waals surface area contributed by atoms with Gasteiger partial charge < -0.3 is 42.6 Å². The van der Waals surface area contributed by atoms with Gasteiger partial charge in [0.05, 0.1) is 45.7 Å². The van der Waals surface area contributed by atoms with Crippen LogP contribution in [0.25, 0.3) is 0 Å². The molecule has 1 aliphatic rings. The predicted octanol–water partition coefficient (Wildman–Crippen LogP) is 7.67. The Balaban J connectivity index is 2.06. The number of rotatable bonds is 23. The molecule has 1 heterocycles. The number of esters is 2. The van der Waals surface area contributed by atoms with E-state index < -0.39 is 47.7 Å². The van der Waals surface area contributed by atoms with Crippen LogP contribution in [-0.4, -0.2) is 84.0 Å². The molecule has 0 spiro atoms. The molecule has 11 heteroatoms. The lowest BCUT2D eigenvalue weighted by atomic mass is 9.74. The molecule has 2 aromatic rings. The fourth-order valence-electron chi connectivity index (χ4n) is 6.43. The molecule has 0 unspecified atom stereocenters. The average Bonchev–Trinajstić information content (AvgIpc) is 3.18. The highest BCUT2D eigenvalue weighted by Crippen LogP contribution is 2.49. The van der Waals surface area contributed by atoms with Crippen molar-refractivity contribution in [2.75, 3.05) is 35.5 Å². The zero-order valence-electron chi connectivity index (χ0n) is 33.2. The van der Waals surface area contributed by atoms with Crippen molar-refractivity contribution in [3.8, 4) is 5.75 Å². The van der Waals surface area contributed by atoms with Crippen LogP contribution in [0, 0.1) is 5.41 Å². The Morgan fingerprint density at radius 3 is 2.22 bits per heavy atom. The zero-order valence-corrected chi connectivity index (χ0v) is 33.2. The fraction of sp³-hybridized carbons (Fsp3) is 0.535. The quantitative estimate of drug-likeness (QED) is 0.0366. The number of carbonyl (C=O) groups is 2. The van der Waals surface area contributed by atoms with E-state index in [-0.39, 0.29) is 18.9 Å². The van der Waals surface area contributed by atoms with E-state index in [1.54, 1.807) is 13.2 Å². The van der Waals surface area contributed by atoms with Crippen LogP contribution in [0.15, 0.2) is 91.1 Å². The lowest BCUT2D eigenvalue weighted by Gasteiger charge is -2.53. The second-order valence-corrected chi connectivity index (χ2v) is 13.8. The van der Waals surface area contributed by atoms with Crippen molar-refractivity contribution in [2.45, 2.75) is 109 Å². The van der Waals surface area contributed by atoms with Crippen LogP contribution in [0.4, 0.5) is 0 Å². The normalized spacial score (nSPS) is 20.9. The third-order valence-corrected chi connectivity index (χ3v) is 9.61. The van der Waals surface area contributed by atoms with E-state index in [2.05, 4.69) is 6.58 Å². The van der Waals surface area contributed by atoms with Crippen LogP contribution in [0.2, 0.25) is 0 Å². The Kier molecular flexibility index (Phi) is 18.6. The molecule has 54 heavy (non-hydrogen) atoms. The number of unbranched alkanes of at least 4 members (excludes halogenated alkanes) is 2. The molecule has 11 nitrogen and oxygen atoms in total. The van der Waals surface area contributed by atoms with Crippen molar-refractivity contribution in [1.82, 2.24) is 0 Å². The van der Waals surface area contributed by atoms with E-state index in [1.165, 1.54) is 34.5 Å². The highest BCUT2D eigenvalue weighted by molar-refractivity contribution is 5.83. The van der Waals surface area contributed by atoms with Crippen molar-refractivity contribution >= 4 is 11.9 Å². The smallest absolute Gasteiger partial charge is 0.330 e. The topological polar surface area (TPSA) is 117 Å². The summed E-state index contributed by atoms with van der Waals surface area (Å²) in [6.07, 6.45) is 6.49. The summed E-state index contributed by atoms with van der Waals surface area (Å²) in [5.41, 5.74) is 1.48. The monoisotopic (exact) mass is 752 g/mol. The number of hydrogen-bond acceptors (Lipinski definition) is 11. The first-order valence-electron chi connectivity index (χ1n) is 18.4. The number of allylic oxidation sites excluding steroid dienone is 1. The summed E-state index contributed by atoms with van der Waals surface area (Å²) < 4.78 is 53.9. The molecular weight excluding hydrogens is 692 g/mol. The maximum atomic E-state index is 13.5. The number of methoxy groups -OCH3 is 5. The Hall–Kier alpha value is -3.84. The van der Waals surface area contributed by atoms with E-state index in [0.717, 1.165) is 29.7 Å². The molecule has 0 amide bonds. The summed E-state index contributed by atoms with van der Waals surface area (Å²) in [7, 11) is 7.50. The molecule has 0 bridgehead atoms. The standard InChI is InChI=1S/C43H60O11/c1-10-11-12-16-19-38(44)53-41-34(27-39(45)47-6)26-36(54-43(41,50-9)42(3,4)25-24-40(48-7)49-8)28-37(31(2)51-29-32-17-14-13-15-18-32)52-30-33-20-22-35(46-5)23-21-33/h10,13-15,17-18,20-25,27,31,36-37,40-41H,1,11-12,16,19,26,28-30H2,2-9H3/b25-24+,34-27+/t31-,36-,37+,41-,43+/m0/s1. The molecule has 2 aromatic carbocycles. The van der Waals surface area contributed by atoms with Gasteiger partial charge in [-0.3, -0.25) is 4.79 Å². The Bertz CT molecular complexity index is 1480. The summed E-state index contributed by atoms with van der Waals surface area (Å²) in [4.78, 5) is 26.4. The van der Waals surface area contributed by atoms with Crippen LogP contribution < -0.4 is 4.74 Å². The summed E-state index contributed by atoms with van der Waals surface area (Å²) in [5.74, 6) is -1.92. The molecule has 0 saturated carbocycles. The first-order chi connectivity index (χ1) is 25.9. The number of ether oxygens (including phenoxy) is 9. The van der Waals surface area contributed by atoms with Gasteiger partial charge in [-0.2, -0.15) is 0 Å². The van der Waals surface area contributed by atoms with Crippen LogP contribution in [0.3, 0.4) is 0 Å². The van der Waals surface area contributed by atoms with E-state index >= 15 is 0 Å². The fourth-order valence-corrected chi connectivity index (χ4v) is 6.43. The van der Waals surface area contributed by atoms with Gasteiger partial charge in [0.1, 0.15) is 5.75 Å². The van der Waals surface area contributed by atoms with E-state index in [1.807, 2.05) is 87.5 Å². The number of carbonyl (C=O) groups excluding carboxylic acids is 2. The zero-order chi connectivity index (χ0) is 39.6. The third-order valence-electron chi connectivity index (χ3n) is 9.61. The van der Waals surface area contributed by atoms with Gasteiger partial charge in [-0.05, 0) is 67.5 Å². The van der Waals surface area contributed by atoms with Crippen LogP contribution in [0.5, 0.6) is 5.75 Å². The minimum Gasteiger partial charge on any atom is -0.497 e. The first kappa shape index (κ1) is 44.6. The van der Waals surface area contributed by atoms with Crippen molar-refractivity contribution in [1.29, 1.82) is 0 Å². The van der Waals surface area contributed by atoms with E-state index in [0.29, 0.717) is 31.6 Å². The lowest BCUT2D eigenvalue weighted by molar-refractivity contribution is -0.339. The maximum absolute atomic E-state index is 13.5. The minimum atomic E-state index is -1.62. The summed E-state index contributed by atoms with van der Waals surface area (Å²) in [5, 5.41) is 0. The van der Waals surface area contributed by atoms with Crippen LogP contribution in [0.1, 0.15) is 70.4 Å². The predicted molar refractivity (Wildman–Crippen MR) is 205 cm³/mol. The molecular formula is C43H60O11. The Morgan fingerprint density at radius 1 is 0.944 bits per heavy atom. The van der Waals surface area contributed by atoms with Crippen LogP contribution in [-0.2, 0) is 60.7 Å². The van der Waals surface area contributed by atoms with E-state index in [4.69, 9.17) is 42.6 Å². The van der Waals surface area contributed by atoms with Crippen molar-refractivity contribution in [3.63, 3.8) is 0 Å². The molecule has 298 valence electrons. The van der Waals surface area contributed by atoms with Gasteiger partial charge in [0.2, 0.25) is 5.79 Å². The van der Waals surface area contributed by atoms with Crippen molar-refractivity contribution < 1.29 is 52.2 Å². The second kappa shape index (κ2) is 22.5. The molecule has 0 aromatic heterocycles. The molecule has 0 N–H and O–H groups in total. The highest BCUT2D eigenvalue weighted by Gasteiger charge is 2.59.